The van der Waals surface area contributed by atoms with Gasteiger partial charge < -0.3 is 14.8 Å². The van der Waals surface area contributed by atoms with E-state index in [0.29, 0.717) is 48.0 Å². The molecule has 2 saturated heterocycles. The van der Waals surface area contributed by atoms with Gasteiger partial charge in [-0.2, -0.15) is 13.9 Å². The number of nitrogens with one attached hydrogen (secondary N) is 1. The molecule has 9 nitrogen and oxygen atoms in total. The lowest BCUT2D eigenvalue weighted by Gasteiger charge is -2.38. The van der Waals surface area contributed by atoms with E-state index in [1.807, 2.05) is 0 Å². The summed E-state index contributed by atoms with van der Waals surface area (Å²) >= 11 is 0. The summed E-state index contributed by atoms with van der Waals surface area (Å²) in [6, 6.07) is 7.94. The van der Waals surface area contributed by atoms with Crippen molar-refractivity contribution in [1.82, 2.24) is 20.1 Å². The van der Waals surface area contributed by atoms with Gasteiger partial charge in [0.1, 0.15) is 17.0 Å². The Labute approximate surface area is 206 Å². The number of pyridine rings is 1. The molecule has 0 saturated carbocycles. The molecule has 0 unspecified atom stereocenters. The van der Waals surface area contributed by atoms with Gasteiger partial charge in [0.05, 0.1) is 28.1 Å². The molecule has 0 atom stereocenters. The van der Waals surface area contributed by atoms with Crippen LogP contribution in [0.3, 0.4) is 0 Å². The van der Waals surface area contributed by atoms with Gasteiger partial charge in [0.2, 0.25) is 0 Å². The van der Waals surface area contributed by atoms with E-state index in [1.54, 1.807) is 29.8 Å². The molecule has 12 heteroatoms. The molecule has 2 fully saturated rings. The van der Waals surface area contributed by atoms with Gasteiger partial charge in [-0.3, -0.25) is 14.5 Å². The van der Waals surface area contributed by atoms with Gasteiger partial charge in [-0.15, -0.1) is 0 Å². The lowest BCUT2D eigenvalue weighted by atomic mass is 10.0. The monoisotopic (exact) mass is 520 g/mol. The maximum absolute atomic E-state index is 13.0. The SMILES string of the molecule is CC1(NC(=O)c2cnc3c(-c4cccc(OC(F)F)c4)nn(CC4CCOCC4)c3c2)CS(=O)(=O)C1. The fraction of sp³-hybridized carbons (Fsp3) is 0.458. The van der Waals surface area contributed by atoms with Crippen molar-refractivity contribution in [3.05, 3.63) is 42.1 Å². The minimum atomic E-state index is -3.13. The van der Waals surface area contributed by atoms with Gasteiger partial charge in [0.25, 0.3) is 5.91 Å². The first kappa shape index (κ1) is 24.6. The first-order valence-electron chi connectivity index (χ1n) is 11.6. The van der Waals surface area contributed by atoms with E-state index >= 15 is 0 Å². The second kappa shape index (κ2) is 9.40. The molecular weight excluding hydrogens is 494 g/mol. The van der Waals surface area contributed by atoms with E-state index in [-0.39, 0.29) is 22.8 Å². The van der Waals surface area contributed by atoms with Crippen LogP contribution in [0, 0.1) is 5.92 Å². The summed E-state index contributed by atoms with van der Waals surface area (Å²) in [6.45, 7) is 0.652. The van der Waals surface area contributed by atoms with E-state index in [1.165, 1.54) is 18.3 Å². The number of carbonyl (C=O) groups excluding carboxylic acids is 1. The normalized spacial score (nSPS) is 19.2. The zero-order valence-electron chi connectivity index (χ0n) is 19.6. The minimum absolute atomic E-state index is 0.00863. The van der Waals surface area contributed by atoms with Crippen LogP contribution < -0.4 is 10.1 Å². The highest BCUT2D eigenvalue weighted by atomic mass is 32.2. The Morgan fingerprint density at radius 1 is 1.28 bits per heavy atom. The van der Waals surface area contributed by atoms with Gasteiger partial charge in [-0.25, -0.2) is 8.42 Å². The van der Waals surface area contributed by atoms with E-state index in [2.05, 4.69) is 15.0 Å². The molecule has 2 aliphatic heterocycles. The Morgan fingerprint density at radius 3 is 2.72 bits per heavy atom. The van der Waals surface area contributed by atoms with Gasteiger partial charge in [-0.05, 0) is 43.9 Å². The largest absolute Gasteiger partial charge is 0.435 e. The summed E-state index contributed by atoms with van der Waals surface area (Å²) < 4.78 is 60.5. The number of hydrogen-bond donors (Lipinski definition) is 1. The summed E-state index contributed by atoms with van der Waals surface area (Å²) in [5, 5.41) is 7.56. The molecule has 36 heavy (non-hydrogen) atoms. The van der Waals surface area contributed by atoms with Crippen molar-refractivity contribution in [2.45, 2.75) is 38.5 Å². The Balaban J connectivity index is 1.51. The number of fused-ring (bicyclic) bond motifs is 1. The molecule has 192 valence electrons. The van der Waals surface area contributed by atoms with Crippen LogP contribution in [0.15, 0.2) is 36.5 Å². The third kappa shape index (κ3) is 5.19. The summed E-state index contributed by atoms with van der Waals surface area (Å²) in [7, 11) is -3.13. The van der Waals surface area contributed by atoms with Crippen molar-refractivity contribution in [3.63, 3.8) is 0 Å². The molecule has 1 amide bonds. The first-order chi connectivity index (χ1) is 17.1. The van der Waals surface area contributed by atoms with E-state index in [4.69, 9.17) is 9.84 Å². The van der Waals surface area contributed by atoms with Gasteiger partial charge in [0, 0.05) is 31.5 Å². The number of rotatable bonds is 7. The minimum Gasteiger partial charge on any atom is -0.435 e. The van der Waals surface area contributed by atoms with E-state index in [0.717, 1.165) is 12.8 Å². The standard InChI is InChI=1S/C24H26F2N4O5S/c1-24(13-36(32,33)14-24)28-22(31)17-10-19-21(27-11-17)20(16-3-2-4-18(9-16)35-23(25)26)29-30(19)12-15-5-7-34-8-6-15/h2-4,9-11,15,23H,5-8,12-14H2,1H3,(H,28,31). The van der Waals surface area contributed by atoms with Crippen LogP contribution in [0.1, 0.15) is 30.1 Å². The highest BCUT2D eigenvalue weighted by Gasteiger charge is 2.45. The smallest absolute Gasteiger partial charge is 0.387 e. The highest BCUT2D eigenvalue weighted by Crippen LogP contribution is 2.31. The van der Waals surface area contributed by atoms with Crippen LogP contribution in [-0.4, -0.2) is 66.0 Å². The first-order valence-corrected chi connectivity index (χ1v) is 13.5. The second-order valence-electron chi connectivity index (χ2n) is 9.63. The zero-order valence-corrected chi connectivity index (χ0v) is 20.4. The predicted octanol–water partition coefficient (Wildman–Crippen LogP) is 3.04. The Morgan fingerprint density at radius 2 is 2.03 bits per heavy atom. The quantitative estimate of drug-likeness (QED) is 0.510. The van der Waals surface area contributed by atoms with Crippen LogP contribution in [0.2, 0.25) is 0 Å². The van der Waals surface area contributed by atoms with Crippen molar-refractivity contribution >= 4 is 26.8 Å². The van der Waals surface area contributed by atoms with Gasteiger partial charge >= 0.3 is 6.61 Å². The molecule has 3 aromatic rings. The average molecular weight is 521 g/mol. The molecule has 2 aliphatic rings. The van der Waals surface area contributed by atoms with Gasteiger partial charge in [0.15, 0.2) is 9.84 Å². The molecular formula is C24H26F2N4O5S. The summed E-state index contributed by atoms with van der Waals surface area (Å²) in [5.74, 6) is -0.308. The second-order valence-corrected chi connectivity index (χ2v) is 11.7. The molecule has 5 rings (SSSR count). The molecule has 1 N–H and O–H groups in total. The number of sulfone groups is 1. The fourth-order valence-corrected chi connectivity index (χ4v) is 6.85. The van der Waals surface area contributed by atoms with Crippen molar-refractivity contribution in [2.75, 3.05) is 24.7 Å². The third-order valence-electron chi connectivity index (χ3n) is 6.45. The molecule has 1 aromatic carbocycles. The molecule has 0 spiro atoms. The lowest BCUT2D eigenvalue weighted by Crippen LogP contribution is -2.63. The Bertz CT molecular complexity index is 1390. The zero-order chi connectivity index (χ0) is 25.5. The number of hydrogen-bond acceptors (Lipinski definition) is 7. The van der Waals surface area contributed by atoms with Crippen LogP contribution in [-0.2, 0) is 21.1 Å². The van der Waals surface area contributed by atoms with Crippen molar-refractivity contribution in [2.24, 2.45) is 5.92 Å². The van der Waals surface area contributed by atoms with Gasteiger partial charge in [-0.1, -0.05) is 12.1 Å². The summed E-state index contributed by atoms with van der Waals surface area (Å²) in [6.07, 6.45) is 3.15. The van der Waals surface area contributed by atoms with Crippen molar-refractivity contribution in [1.29, 1.82) is 0 Å². The number of alkyl halides is 2. The lowest BCUT2D eigenvalue weighted by molar-refractivity contribution is -0.0498. The molecule has 2 aromatic heterocycles. The van der Waals surface area contributed by atoms with Crippen molar-refractivity contribution in [3.8, 4) is 17.0 Å². The molecule has 4 heterocycles. The predicted molar refractivity (Wildman–Crippen MR) is 128 cm³/mol. The number of halogens is 2. The number of ether oxygens (including phenoxy) is 2. The maximum atomic E-state index is 13.0. The van der Waals surface area contributed by atoms with Crippen LogP contribution >= 0.6 is 0 Å². The molecule has 0 aliphatic carbocycles. The van der Waals surface area contributed by atoms with Crippen LogP contribution in [0.25, 0.3) is 22.3 Å². The number of nitrogens with zero attached hydrogens (tertiary/aromatic N) is 3. The number of aromatic nitrogens is 3. The Hall–Kier alpha value is -3.12. The van der Waals surface area contributed by atoms with E-state index in [9.17, 15) is 22.0 Å². The number of benzene rings is 1. The molecule has 0 bridgehead atoms. The topological polar surface area (TPSA) is 112 Å². The number of amides is 1. The van der Waals surface area contributed by atoms with Crippen LogP contribution in [0.4, 0.5) is 8.78 Å². The Kier molecular flexibility index (Phi) is 6.41. The number of carbonyl (C=O) groups is 1. The summed E-state index contributed by atoms with van der Waals surface area (Å²) in [5.41, 5.74) is 1.65. The molecule has 0 radical (unpaired) electrons. The van der Waals surface area contributed by atoms with E-state index < -0.39 is 27.9 Å². The summed E-state index contributed by atoms with van der Waals surface area (Å²) in [4.78, 5) is 17.5. The fourth-order valence-electron chi connectivity index (χ4n) is 4.85. The maximum Gasteiger partial charge on any atom is 0.387 e. The highest BCUT2D eigenvalue weighted by molar-refractivity contribution is 7.93. The van der Waals surface area contributed by atoms with Crippen molar-refractivity contribution < 1.29 is 31.5 Å². The average Bonchev–Trinajstić information content (AvgIpc) is 3.15. The van der Waals surface area contributed by atoms with Crippen LogP contribution in [0.5, 0.6) is 5.75 Å². The third-order valence-corrected chi connectivity index (χ3v) is 8.60.